The molecule has 256 valence electrons. The second kappa shape index (κ2) is 12.6. The zero-order valence-electron chi connectivity index (χ0n) is 29.5. The molecule has 0 radical (unpaired) electrons. The Morgan fingerprint density at radius 2 is 0.909 bits per heavy atom. The van der Waals surface area contributed by atoms with Crippen LogP contribution in [-0.2, 0) is 0 Å². The van der Waals surface area contributed by atoms with Crippen LogP contribution < -0.4 is 0 Å². The van der Waals surface area contributed by atoms with Crippen LogP contribution in [0.3, 0.4) is 0 Å². The maximum absolute atomic E-state index is 6.61. The molecule has 0 bridgehead atoms. The molecule has 0 saturated carbocycles. The van der Waals surface area contributed by atoms with Crippen molar-refractivity contribution in [2.45, 2.75) is 0 Å². The van der Waals surface area contributed by atoms with E-state index in [0.29, 0.717) is 23.1 Å². The Morgan fingerprint density at radius 1 is 0.327 bits per heavy atom. The predicted molar refractivity (Wildman–Crippen MR) is 225 cm³/mol. The Morgan fingerprint density at radius 3 is 1.71 bits per heavy atom. The highest BCUT2D eigenvalue weighted by Crippen LogP contribution is 2.41. The maximum Gasteiger partial charge on any atom is 0.168 e. The minimum atomic E-state index is 0.514. The first-order valence-electron chi connectivity index (χ1n) is 18.4. The van der Waals surface area contributed by atoms with E-state index in [1.54, 1.807) is 0 Å². The quantitative estimate of drug-likeness (QED) is 0.167. The van der Waals surface area contributed by atoms with Gasteiger partial charge in [0.25, 0.3) is 0 Å². The number of hydrogen-bond donors (Lipinski definition) is 0. The number of benzene rings is 8. The monoisotopic (exact) mass is 702 g/mol. The van der Waals surface area contributed by atoms with Gasteiger partial charge in [0.2, 0.25) is 0 Å². The smallest absolute Gasteiger partial charge is 0.168 e. The third-order valence-corrected chi connectivity index (χ3v) is 10.5. The summed E-state index contributed by atoms with van der Waals surface area (Å²) >= 11 is 0. The molecule has 0 unspecified atom stereocenters. The van der Waals surface area contributed by atoms with Gasteiger partial charge in [-0.3, -0.25) is 0 Å². The second-order valence-electron chi connectivity index (χ2n) is 13.8. The van der Waals surface area contributed by atoms with Crippen molar-refractivity contribution in [2.75, 3.05) is 0 Å². The van der Waals surface area contributed by atoms with Gasteiger partial charge in [0.1, 0.15) is 11.1 Å². The van der Waals surface area contributed by atoms with E-state index in [9.17, 15) is 0 Å². The molecule has 0 fully saturated rings. The van der Waals surface area contributed by atoms with Crippen LogP contribution >= 0.6 is 0 Å². The average molecular weight is 703 g/mol. The Bertz CT molecular complexity index is 3250. The summed E-state index contributed by atoms with van der Waals surface area (Å²) < 4.78 is 6.61. The zero-order chi connectivity index (χ0) is 36.3. The van der Waals surface area contributed by atoms with Crippen molar-refractivity contribution in [2.24, 2.45) is 0 Å². The van der Waals surface area contributed by atoms with E-state index in [1.165, 1.54) is 27.1 Å². The molecule has 0 N–H and O–H groups in total. The molecule has 0 aliphatic carbocycles. The van der Waals surface area contributed by atoms with Crippen LogP contribution in [0.5, 0.6) is 0 Å². The third-order valence-electron chi connectivity index (χ3n) is 10.5. The SMILES string of the molecule is c1ccc(-c2nc(-c3ccc(-c4cccc5ccccc45)cc3)nc(-c3cc(-c4cc5ccccc5c5ccccc45)nc4c3oc3ccccc34)n2)cc1. The molecular weight excluding hydrogens is 673 g/mol. The molecule has 55 heavy (non-hydrogen) atoms. The molecule has 0 spiro atoms. The van der Waals surface area contributed by atoms with Crippen molar-refractivity contribution in [3.63, 3.8) is 0 Å². The normalized spacial score (nSPS) is 11.6. The van der Waals surface area contributed by atoms with Crippen molar-refractivity contribution in [1.82, 2.24) is 19.9 Å². The molecule has 0 aliphatic heterocycles. The highest BCUT2D eigenvalue weighted by atomic mass is 16.3. The Hall–Kier alpha value is -7.50. The summed E-state index contributed by atoms with van der Waals surface area (Å²) in [7, 11) is 0. The molecule has 3 aromatic heterocycles. The number of rotatable bonds is 5. The lowest BCUT2D eigenvalue weighted by molar-refractivity contribution is 0.669. The van der Waals surface area contributed by atoms with Gasteiger partial charge < -0.3 is 4.42 Å². The minimum Gasteiger partial charge on any atom is -0.454 e. The van der Waals surface area contributed by atoms with Crippen LogP contribution in [-0.4, -0.2) is 19.9 Å². The van der Waals surface area contributed by atoms with E-state index in [-0.39, 0.29) is 0 Å². The fraction of sp³-hybridized carbons (Fsp3) is 0. The lowest BCUT2D eigenvalue weighted by atomic mass is 9.94. The summed E-state index contributed by atoms with van der Waals surface area (Å²) in [6.07, 6.45) is 0. The van der Waals surface area contributed by atoms with Gasteiger partial charge in [0.05, 0.1) is 11.3 Å². The van der Waals surface area contributed by atoms with E-state index in [2.05, 4.69) is 133 Å². The van der Waals surface area contributed by atoms with Crippen molar-refractivity contribution < 1.29 is 4.42 Å². The van der Waals surface area contributed by atoms with E-state index < -0.39 is 0 Å². The number of aromatic nitrogens is 4. The van der Waals surface area contributed by atoms with Gasteiger partial charge >= 0.3 is 0 Å². The first-order valence-corrected chi connectivity index (χ1v) is 18.4. The summed E-state index contributed by atoms with van der Waals surface area (Å²) in [5, 5.41) is 8.03. The van der Waals surface area contributed by atoms with Crippen LogP contribution in [0.1, 0.15) is 0 Å². The largest absolute Gasteiger partial charge is 0.454 e. The first kappa shape index (κ1) is 31.1. The average Bonchev–Trinajstić information content (AvgIpc) is 3.64. The van der Waals surface area contributed by atoms with Crippen LogP contribution in [0.15, 0.2) is 186 Å². The number of furan rings is 1. The van der Waals surface area contributed by atoms with Gasteiger partial charge in [-0.25, -0.2) is 19.9 Å². The minimum absolute atomic E-state index is 0.514. The molecule has 0 amide bonds. The summed E-state index contributed by atoms with van der Waals surface area (Å²) in [5.74, 6) is 1.67. The highest BCUT2D eigenvalue weighted by molar-refractivity contribution is 6.15. The molecule has 3 heterocycles. The van der Waals surface area contributed by atoms with Crippen LogP contribution in [0, 0.1) is 0 Å². The molecule has 0 saturated heterocycles. The summed E-state index contributed by atoms with van der Waals surface area (Å²) in [4.78, 5) is 20.8. The standard InChI is InChI=1S/C50H30N4O/c1-2-14-33(15-3-1)48-52-49(34-27-25-32(26-28-34)37-23-12-17-31-13-4-6-18-36(31)37)54-50(53-48)43-30-44(51-46-41-22-10-11-24-45(41)55-47(43)46)42-29-35-16-5-7-19-38(35)39-20-8-9-21-40(39)42/h1-30H. The second-order valence-corrected chi connectivity index (χ2v) is 13.8. The van der Waals surface area contributed by atoms with Crippen molar-refractivity contribution >= 4 is 54.4 Å². The third kappa shape index (κ3) is 5.24. The number of para-hydroxylation sites is 1. The summed E-state index contributed by atoms with van der Waals surface area (Å²) in [6, 6.07) is 62.9. The van der Waals surface area contributed by atoms with Gasteiger partial charge in [0.15, 0.2) is 23.1 Å². The van der Waals surface area contributed by atoms with Gasteiger partial charge in [-0.1, -0.05) is 158 Å². The van der Waals surface area contributed by atoms with Crippen molar-refractivity contribution in [1.29, 1.82) is 0 Å². The summed E-state index contributed by atoms with van der Waals surface area (Å²) in [5.41, 5.74) is 8.86. The molecule has 0 aliphatic rings. The molecule has 8 aromatic carbocycles. The summed E-state index contributed by atoms with van der Waals surface area (Å²) in [6.45, 7) is 0. The predicted octanol–water partition coefficient (Wildman–Crippen LogP) is 13.0. The Balaban J connectivity index is 1.15. The topological polar surface area (TPSA) is 64.7 Å². The molecule has 11 rings (SSSR count). The number of fused-ring (bicyclic) bond motifs is 7. The number of hydrogen-bond acceptors (Lipinski definition) is 5. The van der Waals surface area contributed by atoms with Gasteiger partial charge in [0, 0.05) is 22.1 Å². The van der Waals surface area contributed by atoms with E-state index >= 15 is 0 Å². The Kier molecular flexibility index (Phi) is 7.10. The maximum atomic E-state index is 6.61. The van der Waals surface area contributed by atoms with Crippen LogP contribution in [0.2, 0.25) is 0 Å². The van der Waals surface area contributed by atoms with E-state index in [1.807, 2.05) is 48.5 Å². The fourth-order valence-electron chi connectivity index (χ4n) is 7.87. The fourth-order valence-corrected chi connectivity index (χ4v) is 7.87. The number of nitrogens with zero attached hydrogens (tertiary/aromatic N) is 4. The first-order chi connectivity index (χ1) is 27.2. The Labute approximate surface area is 316 Å². The molecule has 11 aromatic rings. The van der Waals surface area contributed by atoms with Gasteiger partial charge in [-0.05, 0) is 67.7 Å². The molecule has 5 heteroatoms. The van der Waals surface area contributed by atoms with Crippen LogP contribution in [0.25, 0.3) is 111 Å². The number of pyridine rings is 1. The lowest BCUT2D eigenvalue weighted by Crippen LogP contribution is -2.01. The highest BCUT2D eigenvalue weighted by Gasteiger charge is 2.22. The molecule has 0 atom stereocenters. The molecular formula is C50H30N4O. The molecule has 5 nitrogen and oxygen atoms in total. The van der Waals surface area contributed by atoms with E-state index in [0.717, 1.165) is 60.8 Å². The zero-order valence-corrected chi connectivity index (χ0v) is 29.5. The van der Waals surface area contributed by atoms with E-state index in [4.69, 9.17) is 24.4 Å². The van der Waals surface area contributed by atoms with Gasteiger partial charge in [-0.2, -0.15) is 0 Å². The van der Waals surface area contributed by atoms with Gasteiger partial charge in [-0.15, -0.1) is 0 Å². The van der Waals surface area contributed by atoms with Crippen LogP contribution in [0.4, 0.5) is 0 Å². The van der Waals surface area contributed by atoms with Crippen molar-refractivity contribution in [3.8, 4) is 56.5 Å². The van der Waals surface area contributed by atoms with Crippen molar-refractivity contribution in [3.05, 3.63) is 182 Å². The lowest BCUT2D eigenvalue weighted by Gasteiger charge is -2.13.